The third-order valence-electron chi connectivity index (χ3n) is 4.04. The first-order valence-corrected chi connectivity index (χ1v) is 9.27. The molecule has 26 heavy (non-hydrogen) atoms. The summed E-state index contributed by atoms with van der Waals surface area (Å²) in [5.74, 6) is 0.867. The van der Waals surface area contributed by atoms with E-state index in [0.29, 0.717) is 23.1 Å². The number of carbonyl (C=O) groups is 1. The molecule has 0 bridgehead atoms. The van der Waals surface area contributed by atoms with E-state index >= 15 is 0 Å². The monoisotopic (exact) mass is 360 g/mol. The molecule has 1 aromatic heterocycles. The van der Waals surface area contributed by atoms with Crippen LogP contribution < -0.4 is 0 Å². The Kier molecular flexibility index (Phi) is 4.80. The molecule has 4 rings (SSSR count). The van der Waals surface area contributed by atoms with Crippen LogP contribution in [0.3, 0.4) is 0 Å². The van der Waals surface area contributed by atoms with Gasteiger partial charge in [-0.25, -0.2) is 0 Å². The lowest BCUT2D eigenvalue weighted by molar-refractivity contribution is 0.102. The van der Waals surface area contributed by atoms with Crippen LogP contribution in [-0.4, -0.2) is 21.7 Å². The van der Waals surface area contributed by atoms with E-state index in [-0.39, 0.29) is 11.5 Å². The standard InChI is InChI=1S/C21H16N2O2S/c24-19(18-11-10-16-8-4-5-9-17(16)13-18)14-26-21-23-22-20(25-21)12-15-6-2-1-3-7-15/h1-11,13H,12,14H2. The van der Waals surface area contributed by atoms with E-state index in [1.165, 1.54) is 11.8 Å². The lowest BCUT2D eigenvalue weighted by atomic mass is 10.1. The first-order valence-electron chi connectivity index (χ1n) is 8.29. The number of fused-ring (bicyclic) bond motifs is 1. The Hall–Kier alpha value is -2.92. The van der Waals surface area contributed by atoms with Crippen molar-refractivity contribution in [3.63, 3.8) is 0 Å². The van der Waals surface area contributed by atoms with Gasteiger partial charge in [0.1, 0.15) is 0 Å². The molecule has 0 spiro atoms. The van der Waals surface area contributed by atoms with E-state index in [1.807, 2.05) is 72.8 Å². The SMILES string of the molecule is O=C(CSc1nnc(Cc2ccccc2)o1)c1ccc2ccccc2c1. The molecule has 0 aliphatic rings. The van der Waals surface area contributed by atoms with Crippen molar-refractivity contribution in [1.82, 2.24) is 10.2 Å². The molecule has 0 radical (unpaired) electrons. The Balaban J connectivity index is 1.39. The number of hydrogen-bond acceptors (Lipinski definition) is 5. The number of Topliss-reactive ketones (excluding diaryl/α,β-unsaturated/α-hetero) is 1. The molecule has 5 heteroatoms. The maximum absolute atomic E-state index is 12.4. The predicted octanol–water partition coefficient (Wildman–Crippen LogP) is 4.79. The van der Waals surface area contributed by atoms with Crippen LogP contribution >= 0.6 is 11.8 Å². The number of aromatic nitrogens is 2. The van der Waals surface area contributed by atoms with Gasteiger partial charge in [-0.3, -0.25) is 4.79 Å². The molecule has 3 aromatic carbocycles. The average Bonchev–Trinajstić information content (AvgIpc) is 3.14. The highest BCUT2D eigenvalue weighted by Crippen LogP contribution is 2.21. The second-order valence-corrected chi connectivity index (χ2v) is 6.82. The van der Waals surface area contributed by atoms with Gasteiger partial charge >= 0.3 is 0 Å². The molecule has 0 fully saturated rings. The van der Waals surface area contributed by atoms with Crippen molar-refractivity contribution in [1.29, 1.82) is 0 Å². The molecule has 1 heterocycles. The summed E-state index contributed by atoms with van der Waals surface area (Å²) in [5, 5.41) is 10.7. The van der Waals surface area contributed by atoms with Crippen LogP contribution in [0.4, 0.5) is 0 Å². The summed E-state index contributed by atoms with van der Waals surface area (Å²) in [6, 6.07) is 23.7. The fraction of sp³-hybridized carbons (Fsp3) is 0.0952. The van der Waals surface area contributed by atoms with Crippen molar-refractivity contribution in [3.8, 4) is 0 Å². The molecule has 4 nitrogen and oxygen atoms in total. The Bertz CT molecular complexity index is 1040. The van der Waals surface area contributed by atoms with Gasteiger partial charge in [-0.05, 0) is 22.4 Å². The summed E-state index contributed by atoms with van der Waals surface area (Å²) in [6.45, 7) is 0. The van der Waals surface area contributed by atoms with Crippen LogP contribution in [0.5, 0.6) is 0 Å². The first-order chi connectivity index (χ1) is 12.8. The van der Waals surface area contributed by atoms with Crippen molar-refractivity contribution >= 4 is 28.3 Å². The summed E-state index contributed by atoms with van der Waals surface area (Å²) < 4.78 is 5.63. The van der Waals surface area contributed by atoms with Gasteiger partial charge in [0.15, 0.2) is 5.78 Å². The van der Waals surface area contributed by atoms with E-state index in [9.17, 15) is 4.79 Å². The third kappa shape index (κ3) is 3.83. The summed E-state index contributed by atoms with van der Waals surface area (Å²) in [6.07, 6.45) is 0.590. The Morgan fingerprint density at radius 3 is 2.50 bits per heavy atom. The number of nitrogens with zero attached hydrogens (tertiary/aromatic N) is 2. The minimum Gasteiger partial charge on any atom is -0.416 e. The van der Waals surface area contributed by atoms with Crippen molar-refractivity contribution in [2.45, 2.75) is 11.6 Å². The Morgan fingerprint density at radius 1 is 0.885 bits per heavy atom. The molecule has 0 N–H and O–H groups in total. The van der Waals surface area contributed by atoms with Gasteiger partial charge in [-0.1, -0.05) is 78.5 Å². The minimum absolute atomic E-state index is 0.0450. The predicted molar refractivity (Wildman–Crippen MR) is 103 cm³/mol. The van der Waals surface area contributed by atoms with Gasteiger partial charge in [0, 0.05) is 5.56 Å². The number of carbonyl (C=O) groups excluding carboxylic acids is 1. The van der Waals surface area contributed by atoms with E-state index < -0.39 is 0 Å². The fourth-order valence-electron chi connectivity index (χ4n) is 2.71. The normalized spacial score (nSPS) is 10.9. The molecule has 0 amide bonds. The van der Waals surface area contributed by atoms with Gasteiger partial charge < -0.3 is 4.42 Å². The Labute approximate surface area is 155 Å². The number of benzene rings is 3. The van der Waals surface area contributed by atoms with E-state index in [1.54, 1.807) is 0 Å². The zero-order valence-corrected chi connectivity index (χ0v) is 14.8. The molecular weight excluding hydrogens is 344 g/mol. The third-order valence-corrected chi connectivity index (χ3v) is 4.86. The summed E-state index contributed by atoms with van der Waals surface area (Å²) in [5.41, 5.74) is 1.81. The first kappa shape index (κ1) is 16.5. The smallest absolute Gasteiger partial charge is 0.277 e. The molecule has 0 saturated carbocycles. The fourth-order valence-corrected chi connectivity index (χ4v) is 3.39. The molecular formula is C21H16N2O2S. The van der Waals surface area contributed by atoms with Crippen LogP contribution in [0.1, 0.15) is 21.8 Å². The van der Waals surface area contributed by atoms with E-state index in [0.717, 1.165) is 16.3 Å². The average molecular weight is 360 g/mol. The van der Waals surface area contributed by atoms with Gasteiger partial charge in [0.2, 0.25) is 5.89 Å². The summed E-state index contributed by atoms with van der Waals surface area (Å²) in [4.78, 5) is 12.4. The number of thioether (sulfide) groups is 1. The van der Waals surface area contributed by atoms with Crippen LogP contribution in [-0.2, 0) is 6.42 Å². The van der Waals surface area contributed by atoms with Crippen LogP contribution in [0.15, 0.2) is 82.4 Å². The van der Waals surface area contributed by atoms with E-state index in [2.05, 4.69) is 10.2 Å². The van der Waals surface area contributed by atoms with Crippen LogP contribution in [0.25, 0.3) is 10.8 Å². The topological polar surface area (TPSA) is 56.0 Å². The van der Waals surface area contributed by atoms with Crippen molar-refractivity contribution in [2.24, 2.45) is 0 Å². The maximum Gasteiger partial charge on any atom is 0.277 e. The van der Waals surface area contributed by atoms with E-state index in [4.69, 9.17) is 4.42 Å². The summed E-state index contributed by atoms with van der Waals surface area (Å²) in [7, 11) is 0. The number of hydrogen-bond donors (Lipinski definition) is 0. The van der Waals surface area contributed by atoms with Gasteiger partial charge in [0.25, 0.3) is 5.22 Å². The molecule has 0 unspecified atom stereocenters. The van der Waals surface area contributed by atoms with Gasteiger partial charge in [-0.15, -0.1) is 10.2 Å². The van der Waals surface area contributed by atoms with Gasteiger partial charge in [-0.2, -0.15) is 0 Å². The zero-order chi connectivity index (χ0) is 17.8. The van der Waals surface area contributed by atoms with Crippen molar-refractivity contribution < 1.29 is 9.21 Å². The maximum atomic E-state index is 12.4. The van der Waals surface area contributed by atoms with Gasteiger partial charge in [0.05, 0.1) is 12.2 Å². The highest BCUT2D eigenvalue weighted by Gasteiger charge is 2.12. The van der Waals surface area contributed by atoms with Crippen LogP contribution in [0, 0.1) is 0 Å². The molecule has 0 aliphatic carbocycles. The second kappa shape index (κ2) is 7.54. The second-order valence-electron chi connectivity index (χ2n) is 5.90. The molecule has 0 aliphatic heterocycles. The molecule has 4 aromatic rings. The highest BCUT2D eigenvalue weighted by molar-refractivity contribution is 7.99. The van der Waals surface area contributed by atoms with Crippen molar-refractivity contribution in [3.05, 3.63) is 89.8 Å². The number of rotatable bonds is 6. The molecule has 128 valence electrons. The van der Waals surface area contributed by atoms with Crippen LogP contribution in [0.2, 0.25) is 0 Å². The zero-order valence-electron chi connectivity index (χ0n) is 14.0. The summed E-state index contributed by atoms with van der Waals surface area (Å²) >= 11 is 1.27. The van der Waals surface area contributed by atoms with Crippen molar-refractivity contribution in [2.75, 3.05) is 5.75 Å². The quantitative estimate of drug-likeness (QED) is 0.365. The highest BCUT2D eigenvalue weighted by atomic mass is 32.2. The number of ketones is 1. The molecule has 0 saturated heterocycles. The Morgan fingerprint density at radius 2 is 1.65 bits per heavy atom. The molecule has 0 atom stereocenters. The lowest BCUT2D eigenvalue weighted by Crippen LogP contribution is -2.02. The lowest BCUT2D eigenvalue weighted by Gasteiger charge is -2.02. The minimum atomic E-state index is 0.0450. The largest absolute Gasteiger partial charge is 0.416 e.